The van der Waals surface area contributed by atoms with E-state index in [0.717, 1.165) is 11.3 Å². The average Bonchev–Trinajstić information content (AvgIpc) is 3.52. The molecule has 0 fully saturated rings. The summed E-state index contributed by atoms with van der Waals surface area (Å²) in [5, 5.41) is 6.99. The second-order valence-electron chi connectivity index (χ2n) is 7.97. The van der Waals surface area contributed by atoms with Gasteiger partial charge in [0.2, 0.25) is 0 Å². The lowest BCUT2D eigenvalue weighted by atomic mass is 10.1. The van der Waals surface area contributed by atoms with Crippen LogP contribution in [0, 0.1) is 0 Å². The van der Waals surface area contributed by atoms with E-state index in [4.69, 9.17) is 4.74 Å². The number of ether oxygens (including phenoxy) is 1. The van der Waals surface area contributed by atoms with Crippen LogP contribution in [0.15, 0.2) is 79.4 Å². The number of imide groups is 1. The fourth-order valence-corrected chi connectivity index (χ4v) is 3.98. The number of amides is 3. The highest BCUT2D eigenvalue weighted by atomic mass is 16.5. The molecule has 1 aliphatic heterocycles. The third-order valence-corrected chi connectivity index (χ3v) is 5.80. The average molecular weight is 467 g/mol. The molecule has 1 N–H and O–H groups in total. The minimum absolute atomic E-state index is 0.0559. The van der Waals surface area contributed by atoms with Crippen LogP contribution < -0.4 is 10.1 Å². The molecule has 0 atom stereocenters. The Bertz CT molecular complexity index is 1380. The van der Waals surface area contributed by atoms with E-state index in [1.165, 1.54) is 18.3 Å². The van der Waals surface area contributed by atoms with Crippen molar-refractivity contribution in [3.8, 4) is 11.4 Å². The van der Waals surface area contributed by atoms with Gasteiger partial charge in [0.15, 0.2) is 0 Å². The molecule has 2 heterocycles. The predicted octanol–water partition coefficient (Wildman–Crippen LogP) is 3.00. The molecular weight excluding hydrogens is 446 g/mol. The van der Waals surface area contributed by atoms with Crippen molar-refractivity contribution in [2.24, 2.45) is 0 Å². The lowest BCUT2D eigenvalue weighted by molar-refractivity contribution is 0.0642. The van der Waals surface area contributed by atoms with Crippen LogP contribution in [0.2, 0.25) is 0 Å². The van der Waals surface area contributed by atoms with Gasteiger partial charge < -0.3 is 10.1 Å². The normalized spacial score (nSPS) is 12.5. The van der Waals surface area contributed by atoms with Crippen molar-refractivity contribution in [1.82, 2.24) is 25.0 Å². The molecule has 3 aromatic carbocycles. The molecule has 35 heavy (non-hydrogen) atoms. The minimum atomic E-state index is -0.346. The number of methoxy groups -OCH3 is 1. The SMILES string of the molecule is COc1ccc(CN2C(=O)c3ccccc3C2=O)cc1C(=O)NCc1ccc(-n2cncn2)cc1. The Morgan fingerprint density at radius 3 is 2.26 bits per heavy atom. The quantitative estimate of drug-likeness (QED) is 0.419. The maximum atomic E-state index is 13.0. The highest BCUT2D eigenvalue weighted by Gasteiger charge is 2.35. The van der Waals surface area contributed by atoms with Gasteiger partial charge in [-0.1, -0.05) is 30.3 Å². The number of hydrogen-bond acceptors (Lipinski definition) is 6. The van der Waals surface area contributed by atoms with E-state index < -0.39 is 0 Å². The Labute approximate surface area is 201 Å². The van der Waals surface area contributed by atoms with Gasteiger partial charge in [0.05, 0.1) is 36.0 Å². The number of benzene rings is 3. The van der Waals surface area contributed by atoms with Crippen LogP contribution in [0.1, 0.15) is 42.2 Å². The van der Waals surface area contributed by atoms with E-state index in [0.29, 0.717) is 34.5 Å². The van der Waals surface area contributed by atoms with Crippen molar-refractivity contribution >= 4 is 17.7 Å². The van der Waals surface area contributed by atoms with Gasteiger partial charge in [-0.2, -0.15) is 5.10 Å². The number of fused-ring (bicyclic) bond motifs is 1. The zero-order chi connectivity index (χ0) is 24.4. The van der Waals surface area contributed by atoms with Gasteiger partial charge in [-0.25, -0.2) is 9.67 Å². The van der Waals surface area contributed by atoms with Crippen LogP contribution in [0.5, 0.6) is 5.75 Å². The Morgan fingerprint density at radius 2 is 1.63 bits per heavy atom. The van der Waals surface area contributed by atoms with E-state index in [-0.39, 0.29) is 24.3 Å². The maximum Gasteiger partial charge on any atom is 0.261 e. The van der Waals surface area contributed by atoms with E-state index in [1.54, 1.807) is 53.5 Å². The summed E-state index contributed by atoms with van der Waals surface area (Å²) in [6.07, 6.45) is 3.07. The molecule has 0 saturated heterocycles. The largest absolute Gasteiger partial charge is 0.496 e. The smallest absolute Gasteiger partial charge is 0.261 e. The summed E-state index contributed by atoms with van der Waals surface area (Å²) >= 11 is 0. The zero-order valence-electron chi connectivity index (χ0n) is 18.8. The molecule has 5 rings (SSSR count). The van der Waals surface area contributed by atoms with Gasteiger partial charge in [-0.3, -0.25) is 19.3 Å². The van der Waals surface area contributed by atoms with Crippen LogP contribution >= 0.6 is 0 Å². The summed E-state index contributed by atoms with van der Waals surface area (Å²) in [6.45, 7) is 0.364. The Balaban J connectivity index is 1.29. The van der Waals surface area contributed by atoms with Crippen molar-refractivity contribution in [3.63, 3.8) is 0 Å². The van der Waals surface area contributed by atoms with Crippen molar-refractivity contribution in [2.45, 2.75) is 13.1 Å². The molecule has 3 amide bonds. The number of nitrogens with one attached hydrogen (secondary N) is 1. The van der Waals surface area contributed by atoms with Gasteiger partial charge in [0, 0.05) is 6.54 Å². The number of hydrogen-bond donors (Lipinski definition) is 1. The molecule has 9 nitrogen and oxygen atoms in total. The second-order valence-corrected chi connectivity index (χ2v) is 7.97. The molecule has 1 aliphatic rings. The summed E-state index contributed by atoms with van der Waals surface area (Å²) in [5.41, 5.74) is 3.50. The van der Waals surface area contributed by atoms with E-state index in [2.05, 4.69) is 15.4 Å². The number of carbonyl (C=O) groups is 3. The second kappa shape index (κ2) is 9.22. The first kappa shape index (κ1) is 22.0. The van der Waals surface area contributed by atoms with Gasteiger partial charge in [-0.05, 0) is 47.5 Å². The van der Waals surface area contributed by atoms with Crippen molar-refractivity contribution in [2.75, 3.05) is 7.11 Å². The molecule has 174 valence electrons. The summed E-state index contributed by atoms with van der Waals surface area (Å²) in [5.74, 6) is -0.620. The molecule has 9 heteroatoms. The topological polar surface area (TPSA) is 106 Å². The van der Waals surface area contributed by atoms with Crippen LogP contribution in [0.4, 0.5) is 0 Å². The molecule has 0 spiro atoms. The van der Waals surface area contributed by atoms with Crippen LogP contribution in [0.3, 0.4) is 0 Å². The summed E-state index contributed by atoms with van der Waals surface area (Å²) in [6, 6.07) is 19.3. The number of carbonyl (C=O) groups excluding carboxylic acids is 3. The van der Waals surface area contributed by atoms with Gasteiger partial charge in [-0.15, -0.1) is 0 Å². The summed E-state index contributed by atoms with van der Waals surface area (Å²) < 4.78 is 7.02. The number of aromatic nitrogens is 3. The molecule has 0 radical (unpaired) electrons. The lowest BCUT2D eigenvalue weighted by Gasteiger charge is -2.16. The Kier molecular flexibility index (Phi) is 5.80. The van der Waals surface area contributed by atoms with Crippen LogP contribution in [-0.2, 0) is 13.1 Å². The maximum absolute atomic E-state index is 13.0. The Hall–Kier alpha value is -4.79. The molecule has 0 aliphatic carbocycles. The van der Waals surface area contributed by atoms with Crippen LogP contribution in [0.25, 0.3) is 5.69 Å². The first-order chi connectivity index (χ1) is 17.0. The summed E-state index contributed by atoms with van der Waals surface area (Å²) in [4.78, 5) is 43.5. The van der Waals surface area contributed by atoms with Crippen molar-refractivity contribution < 1.29 is 19.1 Å². The van der Waals surface area contributed by atoms with Gasteiger partial charge in [0.1, 0.15) is 18.4 Å². The highest BCUT2D eigenvalue weighted by Crippen LogP contribution is 2.26. The molecule has 0 unspecified atom stereocenters. The highest BCUT2D eigenvalue weighted by molar-refractivity contribution is 6.21. The van der Waals surface area contributed by atoms with Crippen LogP contribution in [-0.4, -0.2) is 44.5 Å². The van der Waals surface area contributed by atoms with E-state index in [9.17, 15) is 14.4 Å². The first-order valence-corrected chi connectivity index (χ1v) is 10.9. The monoisotopic (exact) mass is 467 g/mol. The van der Waals surface area contributed by atoms with Crippen molar-refractivity contribution in [1.29, 1.82) is 0 Å². The molecule has 0 bridgehead atoms. The van der Waals surface area contributed by atoms with Crippen molar-refractivity contribution in [3.05, 3.63) is 107 Å². The van der Waals surface area contributed by atoms with Gasteiger partial charge in [0.25, 0.3) is 17.7 Å². The van der Waals surface area contributed by atoms with E-state index in [1.807, 2.05) is 24.3 Å². The fourth-order valence-electron chi connectivity index (χ4n) is 3.98. The van der Waals surface area contributed by atoms with Gasteiger partial charge >= 0.3 is 0 Å². The number of rotatable bonds is 7. The minimum Gasteiger partial charge on any atom is -0.496 e. The fraction of sp³-hybridized carbons (Fsp3) is 0.115. The third-order valence-electron chi connectivity index (χ3n) is 5.80. The molecule has 4 aromatic rings. The molecular formula is C26H21N5O4. The molecule has 1 aromatic heterocycles. The molecule has 0 saturated carbocycles. The standard InChI is InChI=1S/C26H21N5O4/c1-35-23-11-8-18(14-30-25(33)20-4-2-3-5-21(20)26(30)34)12-22(23)24(32)28-13-17-6-9-19(10-7-17)31-16-27-15-29-31/h2-12,15-16H,13-14H2,1H3,(H,28,32). The lowest BCUT2D eigenvalue weighted by Crippen LogP contribution is -2.29. The zero-order valence-corrected chi connectivity index (χ0v) is 18.8. The first-order valence-electron chi connectivity index (χ1n) is 10.9. The number of nitrogens with zero attached hydrogens (tertiary/aromatic N) is 4. The predicted molar refractivity (Wildman–Crippen MR) is 126 cm³/mol. The van der Waals surface area contributed by atoms with E-state index >= 15 is 0 Å². The third kappa shape index (κ3) is 4.26. The Morgan fingerprint density at radius 1 is 0.943 bits per heavy atom. The summed E-state index contributed by atoms with van der Waals surface area (Å²) in [7, 11) is 1.48.